The van der Waals surface area contributed by atoms with Gasteiger partial charge in [-0.1, -0.05) is 5.16 Å². The second-order valence-electron chi connectivity index (χ2n) is 8.94. The molecule has 11 heteroatoms. The quantitative estimate of drug-likeness (QED) is 0.431. The Kier molecular flexibility index (Phi) is 5.51. The second-order valence-corrected chi connectivity index (χ2v) is 8.94. The number of nitrogens with one attached hydrogen (secondary N) is 2. The highest BCUT2D eigenvalue weighted by atomic mass is 16.5. The zero-order valence-electron chi connectivity index (χ0n) is 19.7. The van der Waals surface area contributed by atoms with E-state index in [0.717, 1.165) is 40.8 Å². The van der Waals surface area contributed by atoms with Crippen LogP contribution in [0.5, 0.6) is 11.6 Å². The minimum absolute atomic E-state index is 0.102. The topological polar surface area (TPSA) is 127 Å². The number of carbonyl (C=O) groups excluding carboxylic acids is 2. The Morgan fingerprint density at radius 3 is 2.89 bits per heavy atom. The summed E-state index contributed by atoms with van der Waals surface area (Å²) < 4.78 is 13.0. The summed E-state index contributed by atoms with van der Waals surface area (Å²) in [4.78, 5) is 35.4. The van der Waals surface area contributed by atoms with Gasteiger partial charge in [-0.3, -0.25) is 9.88 Å². The van der Waals surface area contributed by atoms with Gasteiger partial charge in [-0.25, -0.2) is 19.6 Å². The third kappa shape index (κ3) is 4.23. The second kappa shape index (κ2) is 8.99. The van der Waals surface area contributed by atoms with Gasteiger partial charge in [0.2, 0.25) is 5.88 Å². The molecule has 1 aliphatic heterocycles. The Morgan fingerprint density at radius 1 is 1.17 bits per heavy atom. The molecule has 2 N–H and O–H groups in total. The van der Waals surface area contributed by atoms with Crippen molar-refractivity contribution < 1.29 is 18.8 Å². The number of anilines is 1. The Morgan fingerprint density at radius 2 is 2.06 bits per heavy atom. The van der Waals surface area contributed by atoms with E-state index < -0.39 is 0 Å². The van der Waals surface area contributed by atoms with E-state index in [2.05, 4.69) is 25.8 Å². The monoisotopic (exact) mass is 487 g/mol. The largest absolute Gasteiger partial charge is 0.439 e. The summed E-state index contributed by atoms with van der Waals surface area (Å²) in [7, 11) is 0. The van der Waals surface area contributed by atoms with Crippen LogP contribution in [0.4, 0.5) is 15.4 Å². The lowest BCUT2D eigenvalue weighted by atomic mass is 10.1. The predicted octanol–water partition coefficient (Wildman–Crippen LogP) is 4.26. The van der Waals surface area contributed by atoms with Gasteiger partial charge < -0.3 is 19.5 Å². The number of ether oxygens (including phenoxy) is 1. The highest BCUT2D eigenvalue weighted by Gasteiger charge is 2.28. The number of aromatic nitrogens is 4. The van der Waals surface area contributed by atoms with E-state index in [9.17, 15) is 9.59 Å². The molecular weight excluding hydrogens is 462 g/mol. The van der Waals surface area contributed by atoms with Crippen LogP contribution in [0, 0.1) is 0 Å². The standard InChI is InChI=1S/C25H25N7O4/c1-2-26-24(33)31-9-8-18-19(13-31)27-14-28-23(18)35-17-5-6-20-16(11-17)7-10-32(20)25(34)29-22-12-21(36-30-22)15-3-4-15/h5-7,10-12,14-15H,2-4,8-9,13H2,1H3,(H,26,33)(H,29,30,34). The van der Waals surface area contributed by atoms with Gasteiger partial charge in [0.05, 0.1) is 17.8 Å². The average molecular weight is 488 g/mol. The van der Waals surface area contributed by atoms with Gasteiger partial charge in [0, 0.05) is 42.2 Å². The van der Waals surface area contributed by atoms with Gasteiger partial charge in [0.25, 0.3) is 0 Å². The van der Waals surface area contributed by atoms with Crippen LogP contribution in [0.1, 0.15) is 42.7 Å². The zero-order chi connectivity index (χ0) is 24.6. The van der Waals surface area contributed by atoms with Crippen LogP contribution in [0.25, 0.3) is 10.9 Å². The molecule has 3 amide bonds. The molecule has 184 valence electrons. The summed E-state index contributed by atoms with van der Waals surface area (Å²) in [6.45, 7) is 3.44. The molecule has 3 aromatic heterocycles. The number of hydrogen-bond acceptors (Lipinski definition) is 7. The van der Waals surface area contributed by atoms with Gasteiger partial charge in [-0.15, -0.1) is 0 Å². The van der Waals surface area contributed by atoms with E-state index in [0.29, 0.717) is 49.4 Å². The van der Waals surface area contributed by atoms with Crippen LogP contribution in [-0.4, -0.2) is 49.7 Å². The number of nitrogens with zero attached hydrogens (tertiary/aromatic N) is 5. The van der Waals surface area contributed by atoms with Crippen LogP contribution >= 0.6 is 0 Å². The van der Waals surface area contributed by atoms with Crippen molar-refractivity contribution in [3.8, 4) is 11.6 Å². The first-order chi connectivity index (χ1) is 17.6. The molecule has 6 rings (SSSR count). The molecule has 11 nitrogen and oxygen atoms in total. The molecule has 4 heterocycles. The minimum atomic E-state index is -0.323. The molecule has 0 atom stereocenters. The lowest BCUT2D eigenvalue weighted by Crippen LogP contribution is -2.43. The first kappa shape index (κ1) is 22.1. The van der Waals surface area contributed by atoms with Crippen molar-refractivity contribution >= 4 is 28.8 Å². The fraction of sp³-hybridized carbons (Fsp3) is 0.320. The average Bonchev–Trinajstić information content (AvgIpc) is 3.48. The smallest absolute Gasteiger partial charge is 0.331 e. The van der Waals surface area contributed by atoms with E-state index >= 15 is 0 Å². The van der Waals surface area contributed by atoms with Gasteiger partial charge >= 0.3 is 12.1 Å². The highest BCUT2D eigenvalue weighted by Crippen LogP contribution is 2.40. The molecule has 1 aromatic carbocycles. The van der Waals surface area contributed by atoms with Crippen LogP contribution in [0.15, 0.2) is 47.4 Å². The number of amides is 3. The first-order valence-electron chi connectivity index (χ1n) is 12.0. The van der Waals surface area contributed by atoms with Gasteiger partial charge in [0.15, 0.2) is 5.82 Å². The van der Waals surface area contributed by atoms with Gasteiger partial charge in [-0.05, 0) is 50.5 Å². The fourth-order valence-electron chi connectivity index (χ4n) is 4.40. The number of hydrogen-bond donors (Lipinski definition) is 2. The van der Waals surface area contributed by atoms with Crippen molar-refractivity contribution in [2.24, 2.45) is 0 Å². The molecule has 0 saturated heterocycles. The lowest BCUT2D eigenvalue weighted by molar-refractivity contribution is 0.191. The molecule has 0 spiro atoms. The molecule has 36 heavy (non-hydrogen) atoms. The molecular formula is C25H25N7O4. The van der Waals surface area contributed by atoms with Crippen molar-refractivity contribution in [2.75, 3.05) is 18.4 Å². The summed E-state index contributed by atoms with van der Waals surface area (Å²) in [5.74, 6) is 2.72. The van der Waals surface area contributed by atoms with Crippen molar-refractivity contribution in [1.29, 1.82) is 0 Å². The maximum absolute atomic E-state index is 12.8. The fourth-order valence-corrected chi connectivity index (χ4v) is 4.40. The van der Waals surface area contributed by atoms with E-state index in [-0.39, 0.29) is 12.1 Å². The summed E-state index contributed by atoms with van der Waals surface area (Å²) in [6.07, 6.45) is 5.95. The zero-order valence-corrected chi connectivity index (χ0v) is 19.7. The van der Waals surface area contributed by atoms with Gasteiger partial charge in [0.1, 0.15) is 17.8 Å². The predicted molar refractivity (Wildman–Crippen MR) is 130 cm³/mol. The van der Waals surface area contributed by atoms with E-state index in [1.807, 2.05) is 25.1 Å². The molecule has 0 bridgehead atoms. The third-order valence-corrected chi connectivity index (χ3v) is 6.42. The lowest BCUT2D eigenvalue weighted by Gasteiger charge is -2.28. The van der Waals surface area contributed by atoms with Gasteiger partial charge in [-0.2, -0.15) is 0 Å². The third-order valence-electron chi connectivity index (χ3n) is 6.42. The highest BCUT2D eigenvalue weighted by molar-refractivity contribution is 5.98. The molecule has 1 saturated carbocycles. The van der Waals surface area contributed by atoms with Crippen LogP contribution in [0.2, 0.25) is 0 Å². The Labute approximate surface area is 206 Å². The number of urea groups is 1. The Balaban J connectivity index is 1.18. The maximum Gasteiger partial charge on any atom is 0.331 e. The summed E-state index contributed by atoms with van der Waals surface area (Å²) in [5, 5.41) is 10.4. The molecule has 0 radical (unpaired) electrons. The first-order valence-corrected chi connectivity index (χ1v) is 12.0. The normalized spacial score (nSPS) is 15.0. The van der Waals surface area contributed by atoms with Crippen LogP contribution < -0.4 is 15.4 Å². The van der Waals surface area contributed by atoms with Crippen molar-refractivity contribution in [2.45, 2.75) is 38.6 Å². The summed E-state index contributed by atoms with van der Waals surface area (Å²) in [6, 6.07) is 8.69. The summed E-state index contributed by atoms with van der Waals surface area (Å²) >= 11 is 0. The SMILES string of the molecule is CCNC(=O)N1CCc2c(ncnc2Oc2ccc3c(ccn3C(=O)Nc3cc(C4CC4)on3)c2)C1. The van der Waals surface area contributed by atoms with Crippen LogP contribution in [-0.2, 0) is 13.0 Å². The molecule has 4 aromatic rings. The van der Waals surface area contributed by atoms with E-state index in [1.54, 1.807) is 23.2 Å². The van der Waals surface area contributed by atoms with E-state index in [1.165, 1.54) is 10.9 Å². The molecule has 2 aliphatic rings. The maximum atomic E-state index is 12.8. The molecule has 1 aliphatic carbocycles. The summed E-state index contributed by atoms with van der Waals surface area (Å²) in [5.41, 5.74) is 2.40. The van der Waals surface area contributed by atoms with Crippen molar-refractivity contribution in [3.05, 3.63) is 59.9 Å². The Bertz CT molecular complexity index is 1460. The van der Waals surface area contributed by atoms with Crippen LogP contribution in [0.3, 0.4) is 0 Å². The Hall–Kier alpha value is -4.41. The number of carbonyl (C=O) groups is 2. The number of rotatable bonds is 5. The number of benzene rings is 1. The van der Waals surface area contributed by atoms with E-state index in [4.69, 9.17) is 9.26 Å². The molecule has 1 fully saturated rings. The molecule has 0 unspecified atom stereocenters. The minimum Gasteiger partial charge on any atom is -0.439 e. The van der Waals surface area contributed by atoms with Crippen molar-refractivity contribution in [1.82, 2.24) is 29.9 Å². The number of fused-ring (bicyclic) bond motifs is 2. The van der Waals surface area contributed by atoms with Crippen molar-refractivity contribution in [3.63, 3.8) is 0 Å².